The summed E-state index contributed by atoms with van der Waals surface area (Å²) in [7, 11) is 1.67. The van der Waals surface area contributed by atoms with Crippen LogP contribution in [-0.2, 0) is 23.4 Å². The average Bonchev–Trinajstić information content (AvgIpc) is 2.72. The molecule has 2 aromatic rings. The number of carbonyl (C=O) groups is 1. The Balaban J connectivity index is 1.50. The molecule has 1 aliphatic carbocycles. The van der Waals surface area contributed by atoms with Gasteiger partial charge in [0.05, 0.1) is 18.9 Å². The number of rotatable bonds is 8. The molecule has 2 aromatic carbocycles. The Morgan fingerprint density at radius 1 is 1.11 bits per heavy atom. The van der Waals surface area contributed by atoms with Crippen LogP contribution in [0, 0.1) is 0 Å². The van der Waals surface area contributed by atoms with Crippen LogP contribution in [0.5, 0.6) is 5.75 Å². The number of thioether (sulfide) groups is 1. The van der Waals surface area contributed by atoms with Gasteiger partial charge in [-0.15, -0.1) is 11.8 Å². The highest BCUT2D eigenvalue weighted by atomic mass is 32.2. The standard InChI is InChI=1S/C23H29NO2S/c1-3-22(20-11-10-18-6-4-5-7-19(18)14-20)24-23(25)16-27-15-17-8-12-21(26-2)13-9-17/h8-14,22H,3-7,15-16H2,1-2H3,(H,24,25)/t22-/m1/s1. The van der Waals surface area contributed by atoms with Gasteiger partial charge in [0.1, 0.15) is 5.75 Å². The topological polar surface area (TPSA) is 38.3 Å². The van der Waals surface area contributed by atoms with E-state index in [0.29, 0.717) is 5.75 Å². The van der Waals surface area contributed by atoms with E-state index in [0.717, 1.165) is 17.9 Å². The van der Waals surface area contributed by atoms with Crippen molar-refractivity contribution in [1.82, 2.24) is 5.32 Å². The monoisotopic (exact) mass is 383 g/mol. The molecule has 27 heavy (non-hydrogen) atoms. The molecule has 0 radical (unpaired) electrons. The lowest BCUT2D eigenvalue weighted by Crippen LogP contribution is -2.29. The first-order valence-electron chi connectivity index (χ1n) is 9.81. The van der Waals surface area contributed by atoms with Crippen molar-refractivity contribution in [2.24, 2.45) is 0 Å². The molecule has 0 fully saturated rings. The van der Waals surface area contributed by atoms with Crippen LogP contribution in [0.25, 0.3) is 0 Å². The predicted molar refractivity (Wildman–Crippen MR) is 113 cm³/mol. The molecule has 0 bridgehead atoms. The second-order valence-corrected chi connectivity index (χ2v) is 8.09. The van der Waals surface area contributed by atoms with Crippen molar-refractivity contribution in [1.29, 1.82) is 0 Å². The van der Waals surface area contributed by atoms with Crippen molar-refractivity contribution in [3.63, 3.8) is 0 Å². The van der Waals surface area contributed by atoms with E-state index < -0.39 is 0 Å². The van der Waals surface area contributed by atoms with Crippen molar-refractivity contribution in [2.75, 3.05) is 12.9 Å². The minimum absolute atomic E-state index is 0.103. The maximum atomic E-state index is 12.4. The fourth-order valence-electron chi connectivity index (χ4n) is 3.61. The van der Waals surface area contributed by atoms with Crippen molar-refractivity contribution >= 4 is 17.7 Å². The van der Waals surface area contributed by atoms with Gasteiger partial charge in [-0.1, -0.05) is 37.3 Å². The third kappa shape index (κ3) is 5.52. The molecule has 1 aliphatic rings. The van der Waals surface area contributed by atoms with Crippen LogP contribution in [0.1, 0.15) is 54.5 Å². The summed E-state index contributed by atoms with van der Waals surface area (Å²) in [4.78, 5) is 12.4. The lowest BCUT2D eigenvalue weighted by atomic mass is 9.89. The number of methoxy groups -OCH3 is 1. The fourth-order valence-corrected chi connectivity index (χ4v) is 4.41. The van der Waals surface area contributed by atoms with Gasteiger partial charge >= 0.3 is 0 Å². The van der Waals surface area contributed by atoms with Gasteiger partial charge in [0.25, 0.3) is 0 Å². The van der Waals surface area contributed by atoms with E-state index in [9.17, 15) is 4.79 Å². The van der Waals surface area contributed by atoms with Gasteiger partial charge in [-0.25, -0.2) is 0 Å². The molecule has 0 aromatic heterocycles. The minimum Gasteiger partial charge on any atom is -0.497 e. The van der Waals surface area contributed by atoms with Crippen LogP contribution in [0.3, 0.4) is 0 Å². The van der Waals surface area contributed by atoms with Crippen LogP contribution in [0.15, 0.2) is 42.5 Å². The van der Waals surface area contributed by atoms with Gasteiger partial charge in [-0.3, -0.25) is 4.79 Å². The number of ether oxygens (including phenoxy) is 1. The van der Waals surface area contributed by atoms with Crippen molar-refractivity contribution < 1.29 is 9.53 Å². The first-order valence-corrected chi connectivity index (χ1v) is 11.0. The van der Waals surface area contributed by atoms with Crippen molar-refractivity contribution in [3.05, 3.63) is 64.7 Å². The van der Waals surface area contributed by atoms with Crippen molar-refractivity contribution in [3.8, 4) is 5.75 Å². The Labute approximate surface area is 166 Å². The molecule has 4 heteroatoms. The summed E-state index contributed by atoms with van der Waals surface area (Å²) >= 11 is 1.65. The lowest BCUT2D eigenvalue weighted by molar-refractivity contribution is -0.119. The molecule has 0 spiro atoms. The molecular formula is C23H29NO2S. The van der Waals surface area contributed by atoms with Crippen LogP contribution in [-0.4, -0.2) is 18.8 Å². The zero-order valence-electron chi connectivity index (χ0n) is 16.3. The highest BCUT2D eigenvalue weighted by Crippen LogP contribution is 2.26. The lowest BCUT2D eigenvalue weighted by Gasteiger charge is -2.21. The third-order valence-electron chi connectivity index (χ3n) is 5.18. The number of fused-ring (bicyclic) bond motifs is 1. The first kappa shape index (κ1) is 19.8. The SMILES string of the molecule is CC[C@@H](NC(=O)CSCc1ccc(OC)cc1)c1ccc2c(c1)CCCC2. The maximum absolute atomic E-state index is 12.4. The van der Waals surface area contributed by atoms with E-state index in [1.54, 1.807) is 18.9 Å². The van der Waals surface area contributed by atoms with Gasteiger partial charge in [0, 0.05) is 5.75 Å². The summed E-state index contributed by atoms with van der Waals surface area (Å²) < 4.78 is 5.17. The zero-order chi connectivity index (χ0) is 19.1. The zero-order valence-corrected chi connectivity index (χ0v) is 17.1. The Bertz CT molecular complexity index is 757. The molecule has 3 nitrogen and oxygen atoms in total. The summed E-state index contributed by atoms with van der Waals surface area (Å²) in [5.74, 6) is 2.27. The molecule has 144 valence electrons. The highest BCUT2D eigenvalue weighted by molar-refractivity contribution is 7.99. The average molecular weight is 384 g/mol. The third-order valence-corrected chi connectivity index (χ3v) is 6.18. The Hall–Kier alpha value is -1.94. The van der Waals surface area contributed by atoms with Crippen molar-refractivity contribution in [2.45, 2.75) is 50.8 Å². The molecule has 0 saturated carbocycles. The summed E-state index contributed by atoms with van der Waals surface area (Å²) in [6, 6.07) is 14.9. The second-order valence-electron chi connectivity index (χ2n) is 7.10. The fraction of sp³-hybridized carbons (Fsp3) is 0.435. The van der Waals surface area contributed by atoms with Crippen LogP contribution >= 0.6 is 11.8 Å². The van der Waals surface area contributed by atoms with E-state index in [1.807, 2.05) is 24.3 Å². The summed E-state index contributed by atoms with van der Waals surface area (Å²) in [5, 5.41) is 3.21. The molecule has 1 atom stereocenters. The van der Waals surface area contributed by atoms with Gasteiger partial charge in [-0.05, 0) is 66.5 Å². The summed E-state index contributed by atoms with van der Waals surface area (Å²) in [6.45, 7) is 2.13. The number of hydrogen-bond donors (Lipinski definition) is 1. The summed E-state index contributed by atoms with van der Waals surface area (Å²) in [5.41, 5.74) is 5.41. The number of carbonyl (C=O) groups excluding carboxylic acids is 1. The molecule has 0 unspecified atom stereocenters. The largest absolute Gasteiger partial charge is 0.497 e. The van der Waals surface area contributed by atoms with Crippen LogP contribution in [0.4, 0.5) is 0 Å². The number of hydrogen-bond acceptors (Lipinski definition) is 3. The van der Waals surface area contributed by atoms with E-state index in [1.165, 1.54) is 47.9 Å². The van der Waals surface area contributed by atoms with E-state index >= 15 is 0 Å². The van der Waals surface area contributed by atoms with Gasteiger partial charge in [0.2, 0.25) is 5.91 Å². The van der Waals surface area contributed by atoms with E-state index in [-0.39, 0.29) is 11.9 Å². The van der Waals surface area contributed by atoms with Gasteiger partial charge in [-0.2, -0.15) is 0 Å². The van der Waals surface area contributed by atoms with Crippen LogP contribution in [0.2, 0.25) is 0 Å². The molecule has 0 aliphatic heterocycles. The molecule has 3 rings (SSSR count). The molecule has 0 heterocycles. The van der Waals surface area contributed by atoms with Crippen LogP contribution < -0.4 is 10.1 Å². The predicted octanol–water partition coefficient (Wildman–Crippen LogP) is 5.07. The summed E-state index contributed by atoms with van der Waals surface area (Å²) in [6.07, 6.45) is 5.85. The molecule has 1 N–H and O–H groups in total. The number of benzene rings is 2. The number of nitrogens with one attached hydrogen (secondary N) is 1. The van der Waals surface area contributed by atoms with E-state index in [2.05, 4.69) is 30.4 Å². The Kier molecular flexibility index (Phi) is 7.22. The second kappa shape index (κ2) is 9.84. The molecular weight excluding hydrogens is 354 g/mol. The first-order chi connectivity index (χ1) is 13.2. The maximum Gasteiger partial charge on any atom is 0.230 e. The quantitative estimate of drug-likeness (QED) is 0.691. The van der Waals surface area contributed by atoms with Gasteiger partial charge < -0.3 is 10.1 Å². The Morgan fingerprint density at radius 2 is 1.85 bits per heavy atom. The number of aryl methyl sites for hydroxylation is 2. The molecule has 1 amide bonds. The highest BCUT2D eigenvalue weighted by Gasteiger charge is 2.16. The van der Waals surface area contributed by atoms with Gasteiger partial charge in [0.15, 0.2) is 0 Å². The van der Waals surface area contributed by atoms with E-state index in [4.69, 9.17) is 4.74 Å². The molecule has 0 saturated heterocycles. The smallest absolute Gasteiger partial charge is 0.230 e. The minimum atomic E-state index is 0.103. The Morgan fingerprint density at radius 3 is 2.56 bits per heavy atom. The number of amides is 1. The normalized spacial score (nSPS) is 14.3.